The number of carbonyl (C=O) groups is 2. The quantitative estimate of drug-likeness (QED) is 0.482. The molecule has 0 radical (unpaired) electrons. The van der Waals surface area contributed by atoms with Crippen molar-refractivity contribution < 1.29 is 22.7 Å². The molecule has 1 aromatic heterocycles. The Labute approximate surface area is 188 Å². The summed E-state index contributed by atoms with van der Waals surface area (Å²) < 4.78 is 32.3. The summed E-state index contributed by atoms with van der Waals surface area (Å²) in [5, 5.41) is 0.523. The highest BCUT2D eigenvalue weighted by Crippen LogP contribution is 2.27. The number of sulfone groups is 1. The Hall–Kier alpha value is -2.49. The van der Waals surface area contributed by atoms with Crippen LogP contribution in [-0.2, 0) is 30.7 Å². The summed E-state index contributed by atoms with van der Waals surface area (Å²) in [5.74, 6) is -1.41. The summed E-state index contributed by atoms with van der Waals surface area (Å²) in [6, 6.07) is 11.5. The number of nitrogens with zero attached hydrogens (tertiary/aromatic N) is 2. The lowest BCUT2D eigenvalue weighted by Crippen LogP contribution is -2.23. The van der Waals surface area contributed by atoms with Crippen molar-refractivity contribution in [3.05, 3.63) is 57.9 Å². The number of hydrogen-bond acceptors (Lipinski definition) is 6. The van der Waals surface area contributed by atoms with Gasteiger partial charge in [-0.2, -0.15) is 4.99 Å². The largest absolute Gasteiger partial charge is 0.465 e. The van der Waals surface area contributed by atoms with Crippen molar-refractivity contribution in [2.45, 2.75) is 31.7 Å². The van der Waals surface area contributed by atoms with E-state index < -0.39 is 21.7 Å². The fourth-order valence-electron chi connectivity index (χ4n) is 3.01. The van der Waals surface area contributed by atoms with E-state index in [0.717, 1.165) is 10.3 Å². The number of rotatable bonds is 7. The predicted octanol–water partition coefficient (Wildman–Crippen LogP) is 3.52. The fraction of sp³-hybridized carbons (Fsp3) is 0.286. The van der Waals surface area contributed by atoms with Crippen LogP contribution in [0, 0.1) is 6.92 Å². The second-order valence-electron chi connectivity index (χ2n) is 6.68. The van der Waals surface area contributed by atoms with Gasteiger partial charge in [-0.15, -0.1) is 0 Å². The summed E-state index contributed by atoms with van der Waals surface area (Å²) in [7, 11) is -3.60. The van der Waals surface area contributed by atoms with Gasteiger partial charge in [0.15, 0.2) is 14.6 Å². The molecule has 3 rings (SSSR count). The Balaban J connectivity index is 1.94. The van der Waals surface area contributed by atoms with Crippen LogP contribution in [0.3, 0.4) is 0 Å². The number of carbonyl (C=O) groups excluding carboxylic acids is 2. The molecule has 0 aliphatic heterocycles. The minimum absolute atomic E-state index is 0.135. The van der Waals surface area contributed by atoms with E-state index in [0.29, 0.717) is 10.5 Å². The molecule has 0 unspecified atom stereocenters. The first-order valence-electron chi connectivity index (χ1n) is 9.52. The number of amides is 1. The first-order valence-corrected chi connectivity index (χ1v) is 12.4. The van der Waals surface area contributed by atoms with E-state index in [2.05, 4.69) is 4.99 Å². The number of thiazole rings is 1. The van der Waals surface area contributed by atoms with E-state index in [1.807, 2.05) is 6.92 Å². The van der Waals surface area contributed by atoms with Crippen LogP contribution in [0.2, 0.25) is 5.02 Å². The van der Waals surface area contributed by atoms with Crippen molar-refractivity contribution in [3.63, 3.8) is 0 Å². The number of ether oxygens (including phenoxy) is 1. The lowest BCUT2D eigenvalue weighted by Gasteiger charge is -2.08. The van der Waals surface area contributed by atoms with E-state index in [1.165, 1.54) is 23.5 Å². The zero-order chi connectivity index (χ0) is 22.6. The van der Waals surface area contributed by atoms with E-state index in [9.17, 15) is 18.0 Å². The van der Waals surface area contributed by atoms with Gasteiger partial charge in [0.25, 0.3) is 0 Å². The Morgan fingerprint density at radius 1 is 1.16 bits per heavy atom. The second kappa shape index (κ2) is 9.76. The van der Waals surface area contributed by atoms with E-state index >= 15 is 0 Å². The third-order valence-electron chi connectivity index (χ3n) is 4.53. The molecule has 10 heteroatoms. The molecule has 1 amide bonds. The molecule has 0 spiro atoms. The summed E-state index contributed by atoms with van der Waals surface area (Å²) in [5.41, 5.74) is 1.44. The lowest BCUT2D eigenvalue weighted by molar-refractivity contribution is -0.143. The van der Waals surface area contributed by atoms with Gasteiger partial charge in [0.1, 0.15) is 6.54 Å². The summed E-state index contributed by atoms with van der Waals surface area (Å²) in [6.45, 7) is 3.61. The van der Waals surface area contributed by atoms with Crippen molar-refractivity contribution in [3.8, 4) is 0 Å². The third kappa shape index (κ3) is 5.41. The topological polar surface area (TPSA) is 94.8 Å². The van der Waals surface area contributed by atoms with Crippen LogP contribution in [0.15, 0.2) is 52.4 Å². The van der Waals surface area contributed by atoms with Crippen LogP contribution in [0.5, 0.6) is 0 Å². The number of hydrogen-bond donors (Lipinski definition) is 0. The van der Waals surface area contributed by atoms with Crippen LogP contribution in [0.1, 0.15) is 18.9 Å². The van der Waals surface area contributed by atoms with Gasteiger partial charge in [0.2, 0.25) is 5.91 Å². The summed E-state index contributed by atoms with van der Waals surface area (Å²) in [6.07, 6.45) is -0.273. The highest BCUT2D eigenvalue weighted by atomic mass is 35.5. The van der Waals surface area contributed by atoms with E-state index in [-0.39, 0.29) is 35.0 Å². The van der Waals surface area contributed by atoms with Gasteiger partial charge in [-0.1, -0.05) is 41.1 Å². The van der Waals surface area contributed by atoms with Crippen molar-refractivity contribution in [2.75, 3.05) is 12.4 Å². The molecule has 0 aliphatic carbocycles. The van der Waals surface area contributed by atoms with E-state index in [1.54, 1.807) is 41.8 Å². The highest BCUT2D eigenvalue weighted by molar-refractivity contribution is 7.91. The second-order valence-corrected chi connectivity index (χ2v) is 10.2. The maximum Gasteiger partial charge on any atom is 0.326 e. The normalized spacial score (nSPS) is 12.3. The molecule has 0 fully saturated rings. The Bertz CT molecular complexity index is 1290. The highest BCUT2D eigenvalue weighted by Gasteiger charge is 2.18. The molecule has 7 nitrogen and oxygen atoms in total. The Morgan fingerprint density at radius 2 is 1.87 bits per heavy atom. The maximum absolute atomic E-state index is 12.5. The molecule has 2 aromatic carbocycles. The molecule has 0 aliphatic rings. The van der Waals surface area contributed by atoms with Crippen LogP contribution in [-0.4, -0.2) is 37.2 Å². The van der Waals surface area contributed by atoms with Crippen molar-refractivity contribution >= 4 is 54.9 Å². The molecule has 31 heavy (non-hydrogen) atoms. The van der Waals surface area contributed by atoms with Gasteiger partial charge in [-0.05, 0) is 43.7 Å². The molecule has 164 valence electrons. The number of halogens is 1. The molecule has 3 aromatic rings. The van der Waals surface area contributed by atoms with Crippen molar-refractivity contribution in [1.82, 2.24) is 4.57 Å². The minimum atomic E-state index is -3.60. The lowest BCUT2D eigenvalue weighted by atomic mass is 10.2. The predicted molar refractivity (Wildman–Crippen MR) is 120 cm³/mol. The van der Waals surface area contributed by atoms with Crippen LogP contribution >= 0.6 is 22.9 Å². The minimum Gasteiger partial charge on any atom is -0.465 e. The van der Waals surface area contributed by atoms with Crippen molar-refractivity contribution in [1.29, 1.82) is 0 Å². The van der Waals surface area contributed by atoms with E-state index in [4.69, 9.17) is 16.3 Å². The number of benzene rings is 2. The van der Waals surface area contributed by atoms with Gasteiger partial charge in [0.05, 0.1) is 27.5 Å². The molecule has 0 atom stereocenters. The molecule has 1 heterocycles. The zero-order valence-corrected chi connectivity index (χ0v) is 19.4. The molecule has 0 bridgehead atoms. The smallest absolute Gasteiger partial charge is 0.326 e. The molecular weight excluding hydrogens is 460 g/mol. The van der Waals surface area contributed by atoms with Gasteiger partial charge >= 0.3 is 5.97 Å². The average Bonchev–Trinajstić information content (AvgIpc) is 3.07. The van der Waals surface area contributed by atoms with Crippen molar-refractivity contribution in [2.24, 2.45) is 4.99 Å². The Kier molecular flexibility index (Phi) is 7.30. The van der Waals surface area contributed by atoms with Crippen LogP contribution in [0.4, 0.5) is 0 Å². The third-order valence-corrected chi connectivity index (χ3v) is 7.71. The zero-order valence-electron chi connectivity index (χ0n) is 17.0. The number of esters is 1. The average molecular weight is 481 g/mol. The Morgan fingerprint density at radius 3 is 2.55 bits per heavy atom. The monoisotopic (exact) mass is 480 g/mol. The fourth-order valence-corrected chi connectivity index (χ4v) is 5.52. The first-order chi connectivity index (χ1) is 14.7. The van der Waals surface area contributed by atoms with Crippen LogP contribution < -0.4 is 4.80 Å². The van der Waals surface area contributed by atoms with Gasteiger partial charge in [-0.25, -0.2) is 8.42 Å². The molecular formula is C21H21ClN2O5S2. The van der Waals surface area contributed by atoms with Gasteiger partial charge in [0, 0.05) is 11.4 Å². The molecule has 0 saturated carbocycles. The number of aromatic nitrogens is 1. The molecule has 0 N–H and O–H groups in total. The van der Waals surface area contributed by atoms with Gasteiger partial charge in [-0.3, -0.25) is 9.59 Å². The standard InChI is InChI=1S/C21H21ClN2O5S2/c1-3-29-19(26)13-24-20-14(2)16(22)9-10-17(20)30-21(24)23-18(25)11-12-31(27,28)15-7-5-4-6-8-15/h4-10H,3,11-13H2,1-2H3. The summed E-state index contributed by atoms with van der Waals surface area (Å²) >= 11 is 7.47. The molecule has 0 saturated heterocycles. The number of aryl methyl sites for hydroxylation is 1. The van der Waals surface area contributed by atoms with Crippen LogP contribution in [0.25, 0.3) is 10.2 Å². The SMILES string of the molecule is CCOC(=O)Cn1c(=NC(=O)CCS(=O)(=O)c2ccccc2)sc2ccc(Cl)c(C)c21. The first kappa shape index (κ1) is 23.2. The maximum atomic E-state index is 12.5. The summed E-state index contributed by atoms with van der Waals surface area (Å²) in [4.78, 5) is 29.2. The van der Waals surface area contributed by atoms with Gasteiger partial charge < -0.3 is 9.30 Å². The number of fused-ring (bicyclic) bond motifs is 1.